The number of anilines is 1. The molecular formula is C18H23N3. The number of nitrogens with zero attached hydrogens (tertiary/aromatic N) is 1. The van der Waals surface area contributed by atoms with Crippen LogP contribution in [0.15, 0.2) is 42.7 Å². The highest BCUT2D eigenvalue weighted by Crippen LogP contribution is 2.41. The first-order valence-corrected chi connectivity index (χ1v) is 7.81. The van der Waals surface area contributed by atoms with Crippen molar-refractivity contribution in [3.05, 3.63) is 59.4 Å². The van der Waals surface area contributed by atoms with Crippen molar-refractivity contribution in [3.63, 3.8) is 0 Å². The molecular weight excluding hydrogens is 258 g/mol. The number of nitrogen functional groups attached to an aromatic ring is 1. The summed E-state index contributed by atoms with van der Waals surface area (Å²) < 4.78 is 0. The summed E-state index contributed by atoms with van der Waals surface area (Å²) in [6.07, 6.45) is 7.30. The maximum atomic E-state index is 6.20. The van der Waals surface area contributed by atoms with Gasteiger partial charge in [0.15, 0.2) is 0 Å². The Bertz CT molecular complexity index is 609. The van der Waals surface area contributed by atoms with Crippen LogP contribution >= 0.6 is 0 Å². The molecule has 2 aromatic rings. The largest absolute Gasteiger partial charge is 0.398 e. The van der Waals surface area contributed by atoms with E-state index in [-0.39, 0.29) is 6.04 Å². The van der Waals surface area contributed by atoms with Crippen molar-refractivity contribution in [2.75, 3.05) is 12.3 Å². The molecule has 2 atom stereocenters. The molecule has 0 amide bonds. The predicted octanol–water partition coefficient (Wildman–Crippen LogP) is 3.43. The van der Waals surface area contributed by atoms with Gasteiger partial charge in [-0.3, -0.25) is 4.98 Å². The molecule has 3 rings (SSSR count). The number of nitrogens with one attached hydrogen (secondary N) is 1. The molecule has 1 aliphatic carbocycles. The summed E-state index contributed by atoms with van der Waals surface area (Å²) in [4.78, 5) is 4.28. The Morgan fingerprint density at radius 1 is 1.33 bits per heavy atom. The number of aromatic nitrogens is 1. The highest BCUT2D eigenvalue weighted by atomic mass is 14.9. The van der Waals surface area contributed by atoms with Gasteiger partial charge in [0.25, 0.3) is 0 Å². The average molecular weight is 281 g/mol. The normalized spacial score (nSPS) is 19.0. The molecule has 0 radical (unpaired) electrons. The van der Waals surface area contributed by atoms with Crippen LogP contribution in [0.4, 0.5) is 5.69 Å². The molecule has 0 saturated heterocycles. The van der Waals surface area contributed by atoms with Gasteiger partial charge in [0.1, 0.15) is 0 Å². The fourth-order valence-electron chi connectivity index (χ4n) is 3.50. The number of benzene rings is 1. The minimum Gasteiger partial charge on any atom is -0.398 e. The molecule has 21 heavy (non-hydrogen) atoms. The van der Waals surface area contributed by atoms with Crippen LogP contribution in [-0.2, 0) is 6.42 Å². The Morgan fingerprint density at radius 3 is 3.00 bits per heavy atom. The number of hydrogen-bond donors (Lipinski definition) is 2. The standard InChI is InChI=1S/C18H23N3/c1-2-21-18(16-12-20-11-10-17(16)19)15-9-5-7-13-6-3-4-8-14(13)15/h3-4,6,8,10-12,15,18,21H,2,5,7,9H2,1H3,(H2,19,20). The molecule has 110 valence electrons. The first-order valence-electron chi connectivity index (χ1n) is 7.81. The lowest BCUT2D eigenvalue weighted by Crippen LogP contribution is -2.30. The second kappa shape index (κ2) is 6.27. The van der Waals surface area contributed by atoms with E-state index in [9.17, 15) is 0 Å². The average Bonchev–Trinajstić information content (AvgIpc) is 2.53. The van der Waals surface area contributed by atoms with Gasteiger partial charge in [-0.05, 0) is 43.0 Å². The fraction of sp³-hybridized carbons (Fsp3) is 0.389. The summed E-state index contributed by atoms with van der Waals surface area (Å²) >= 11 is 0. The number of nitrogens with two attached hydrogens (primary N) is 1. The van der Waals surface area contributed by atoms with Gasteiger partial charge in [0.05, 0.1) is 0 Å². The third kappa shape index (κ3) is 2.79. The number of pyridine rings is 1. The Balaban J connectivity index is 2.01. The van der Waals surface area contributed by atoms with Gasteiger partial charge in [-0.2, -0.15) is 0 Å². The number of aryl methyl sites for hydroxylation is 1. The molecule has 0 fully saturated rings. The number of likely N-dealkylation sites (N-methyl/N-ethyl adjacent to an activating group) is 1. The third-order valence-electron chi connectivity index (χ3n) is 4.46. The topological polar surface area (TPSA) is 50.9 Å². The van der Waals surface area contributed by atoms with Crippen molar-refractivity contribution in [1.82, 2.24) is 10.3 Å². The molecule has 0 spiro atoms. The van der Waals surface area contributed by atoms with E-state index in [1.165, 1.54) is 30.4 Å². The van der Waals surface area contributed by atoms with E-state index in [4.69, 9.17) is 5.73 Å². The maximum absolute atomic E-state index is 6.20. The molecule has 0 bridgehead atoms. The van der Waals surface area contributed by atoms with E-state index >= 15 is 0 Å². The van der Waals surface area contributed by atoms with Crippen LogP contribution in [0.5, 0.6) is 0 Å². The van der Waals surface area contributed by atoms with Gasteiger partial charge in [0, 0.05) is 35.6 Å². The maximum Gasteiger partial charge on any atom is 0.0425 e. The number of fused-ring (bicyclic) bond motifs is 1. The SMILES string of the molecule is CCNC(c1cnccc1N)C1CCCc2ccccc21. The van der Waals surface area contributed by atoms with Crippen LogP contribution in [0.1, 0.15) is 48.4 Å². The predicted molar refractivity (Wildman–Crippen MR) is 87.2 cm³/mol. The van der Waals surface area contributed by atoms with Crippen LogP contribution < -0.4 is 11.1 Å². The molecule has 0 aliphatic heterocycles. The Labute approximate surface area is 126 Å². The van der Waals surface area contributed by atoms with Gasteiger partial charge in [-0.1, -0.05) is 31.2 Å². The summed E-state index contributed by atoms with van der Waals surface area (Å²) in [6, 6.07) is 11.0. The minimum absolute atomic E-state index is 0.241. The van der Waals surface area contributed by atoms with Crippen molar-refractivity contribution >= 4 is 5.69 Å². The Morgan fingerprint density at radius 2 is 2.19 bits per heavy atom. The van der Waals surface area contributed by atoms with Crippen LogP contribution in [-0.4, -0.2) is 11.5 Å². The van der Waals surface area contributed by atoms with E-state index in [0.29, 0.717) is 5.92 Å². The summed E-state index contributed by atoms with van der Waals surface area (Å²) in [5.74, 6) is 0.474. The molecule has 3 nitrogen and oxygen atoms in total. The molecule has 2 unspecified atom stereocenters. The smallest absolute Gasteiger partial charge is 0.0425 e. The first-order chi connectivity index (χ1) is 10.3. The lowest BCUT2D eigenvalue weighted by molar-refractivity contribution is 0.409. The van der Waals surface area contributed by atoms with Crippen molar-refractivity contribution in [2.24, 2.45) is 0 Å². The van der Waals surface area contributed by atoms with E-state index in [2.05, 4.69) is 41.5 Å². The second-order valence-electron chi connectivity index (χ2n) is 5.74. The molecule has 1 aliphatic rings. The lowest BCUT2D eigenvalue weighted by atomic mass is 9.76. The molecule has 1 aromatic heterocycles. The quantitative estimate of drug-likeness (QED) is 0.902. The molecule has 1 heterocycles. The minimum atomic E-state index is 0.241. The zero-order valence-corrected chi connectivity index (χ0v) is 12.5. The van der Waals surface area contributed by atoms with Crippen molar-refractivity contribution in [1.29, 1.82) is 0 Å². The Hall–Kier alpha value is -1.87. The van der Waals surface area contributed by atoms with Crippen molar-refractivity contribution < 1.29 is 0 Å². The van der Waals surface area contributed by atoms with Crippen LogP contribution in [0, 0.1) is 0 Å². The summed E-state index contributed by atoms with van der Waals surface area (Å²) in [6.45, 7) is 3.08. The lowest BCUT2D eigenvalue weighted by Gasteiger charge is -2.33. The summed E-state index contributed by atoms with van der Waals surface area (Å²) in [7, 11) is 0. The zero-order valence-electron chi connectivity index (χ0n) is 12.5. The van der Waals surface area contributed by atoms with Gasteiger partial charge in [0.2, 0.25) is 0 Å². The van der Waals surface area contributed by atoms with E-state index < -0.39 is 0 Å². The van der Waals surface area contributed by atoms with Crippen molar-refractivity contribution in [2.45, 2.75) is 38.1 Å². The summed E-state index contributed by atoms with van der Waals surface area (Å²) in [5.41, 5.74) is 11.1. The molecule has 0 saturated carbocycles. The van der Waals surface area contributed by atoms with E-state index in [0.717, 1.165) is 17.8 Å². The molecule has 1 aromatic carbocycles. The number of rotatable bonds is 4. The monoisotopic (exact) mass is 281 g/mol. The van der Waals surface area contributed by atoms with Crippen molar-refractivity contribution in [3.8, 4) is 0 Å². The second-order valence-corrected chi connectivity index (χ2v) is 5.74. The molecule has 3 heteroatoms. The van der Waals surface area contributed by atoms with Gasteiger partial charge in [-0.25, -0.2) is 0 Å². The highest BCUT2D eigenvalue weighted by Gasteiger charge is 2.29. The third-order valence-corrected chi connectivity index (χ3v) is 4.46. The highest BCUT2D eigenvalue weighted by molar-refractivity contribution is 5.48. The first kappa shape index (κ1) is 14.1. The zero-order chi connectivity index (χ0) is 14.7. The summed E-state index contributed by atoms with van der Waals surface area (Å²) in [5, 5.41) is 3.63. The van der Waals surface area contributed by atoms with E-state index in [1.54, 1.807) is 6.20 Å². The molecule has 3 N–H and O–H groups in total. The Kier molecular flexibility index (Phi) is 4.20. The van der Waals surface area contributed by atoms with Crippen LogP contribution in [0.3, 0.4) is 0 Å². The number of hydrogen-bond acceptors (Lipinski definition) is 3. The van der Waals surface area contributed by atoms with Crippen LogP contribution in [0.25, 0.3) is 0 Å². The van der Waals surface area contributed by atoms with Gasteiger partial charge >= 0.3 is 0 Å². The fourth-order valence-corrected chi connectivity index (χ4v) is 3.50. The van der Waals surface area contributed by atoms with Gasteiger partial charge in [-0.15, -0.1) is 0 Å². The van der Waals surface area contributed by atoms with Crippen LogP contribution in [0.2, 0.25) is 0 Å². The van der Waals surface area contributed by atoms with Gasteiger partial charge < -0.3 is 11.1 Å². The van der Waals surface area contributed by atoms with E-state index in [1.807, 2.05) is 12.3 Å².